The largest absolute Gasteiger partial charge is 0.494 e. The van der Waals surface area contributed by atoms with Crippen molar-refractivity contribution in [3.63, 3.8) is 0 Å². The molecule has 0 saturated heterocycles. The van der Waals surface area contributed by atoms with Crippen molar-refractivity contribution in [1.82, 2.24) is 10.6 Å². The van der Waals surface area contributed by atoms with Crippen LogP contribution in [0.4, 0.5) is 10.5 Å². The molecule has 3 rings (SSSR count). The van der Waals surface area contributed by atoms with E-state index < -0.39 is 6.03 Å². The lowest BCUT2D eigenvalue weighted by atomic mass is 10.1. The number of benzene rings is 2. The number of hydrogen-bond acceptors (Lipinski definition) is 4. The van der Waals surface area contributed by atoms with Crippen LogP contribution in [0.5, 0.6) is 11.5 Å². The average Bonchev–Trinajstić information content (AvgIpc) is 3.06. The molecular weight excluding hydrogens is 394 g/mol. The highest BCUT2D eigenvalue weighted by molar-refractivity contribution is 5.95. The van der Waals surface area contributed by atoms with E-state index in [4.69, 9.17) is 9.47 Å². The van der Waals surface area contributed by atoms with Crippen molar-refractivity contribution in [3.05, 3.63) is 52.1 Å². The number of anilines is 1. The Morgan fingerprint density at radius 1 is 1.10 bits per heavy atom. The molecule has 2 aromatic carbocycles. The molecule has 0 saturated carbocycles. The monoisotopic (exact) mass is 425 g/mol. The van der Waals surface area contributed by atoms with Crippen LogP contribution in [0.3, 0.4) is 0 Å². The van der Waals surface area contributed by atoms with Crippen molar-refractivity contribution in [2.45, 2.75) is 53.7 Å². The maximum atomic E-state index is 12.3. The first-order chi connectivity index (χ1) is 14.8. The average molecular weight is 426 g/mol. The maximum Gasteiger partial charge on any atom is 0.315 e. The van der Waals surface area contributed by atoms with Crippen LogP contribution >= 0.6 is 0 Å². The molecule has 0 bridgehead atoms. The van der Waals surface area contributed by atoms with Crippen molar-refractivity contribution in [1.29, 1.82) is 0 Å². The van der Waals surface area contributed by atoms with Crippen LogP contribution in [-0.4, -0.2) is 31.2 Å². The Bertz CT molecular complexity index is 964. The molecule has 0 fully saturated rings. The summed E-state index contributed by atoms with van der Waals surface area (Å²) in [5.74, 6) is 1.29. The molecular formula is C24H31N3O4. The van der Waals surface area contributed by atoms with Crippen LogP contribution < -0.4 is 25.4 Å². The quantitative estimate of drug-likeness (QED) is 0.630. The molecule has 0 aromatic heterocycles. The first kappa shape index (κ1) is 22.5. The first-order valence-corrected chi connectivity index (χ1v) is 10.6. The lowest BCUT2D eigenvalue weighted by Gasteiger charge is -2.15. The molecule has 0 radical (unpaired) electrons. The molecule has 1 aliphatic heterocycles. The second kappa shape index (κ2) is 9.73. The smallest absolute Gasteiger partial charge is 0.315 e. The molecule has 1 aliphatic rings. The third kappa shape index (κ3) is 5.69. The van der Waals surface area contributed by atoms with E-state index in [-0.39, 0.29) is 25.1 Å². The standard InChI is InChI=1S/C24H31N3O4/c1-6-30-20-10-18-9-17(5)31-21(18)11-19(20)12-25-24(29)26-13-22(28)27-23-15(3)7-14(2)8-16(23)4/h7-8,10-11,17H,6,9,12-13H2,1-5H3,(H,27,28)(H2,25,26,29)/t17-/m1/s1. The van der Waals surface area contributed by atoms with E-state index in [9.17, 15) is 9.59 Å². The van der Waals surface area contributed by atoms with E-state index in [2.05, 4.69) is 16.0 Å². The zero-order valence-corrected chi connectivity index (χ0v) is 18.8. The second-order valence-electron chi connectivity index (χ2n) is 7.99. The summed E-state index contributed by atoms with van der Waals surface area (Å²) in [5.41, 5.74) is 5.86. The third-order valence-electron chi connectivity index (χ3n) is 5.17. The number of aryl methyl sites for hydroxylation is 3. The van der Waals surface area contributed by atoms with Crippen LogP contribution in [0.25, 0.3) is 0 Å². The molecule has 1 heterocycles. The third-order valence-corrected chi connectivity index (χ3v) is 5.17. The van der Waals surface area contributed by atoms with Crippen molar-refractivity contribution < 1.29 is 19.1 Å². The predicted molar refractivity (Wildman–Crippen MR) is 121 cm³/mol. The minimum atomic E-state index is -0.426. The topological polar surface area (TPSA) is 88.7 Å². The van der Waals surface area contributed by atoms with Gasteiger partial charge in [0.25, 0.3) is 0 Å². The highest BCUT2D eigenvalue weighted by Gasteiger charge is 2.22. The molecule has 3 amide bonds. The summed E-state index contributed by atoms with van der Waals surface area (Å²) in [5, 5.41) is 8.26. The van der Waals surface area contributed by atoms with Gasteiger partial charge in [0.15, 0.2) is 0 Å². The van der Waals surface area contributed by atoms with Crippen molar-refractivity contribution in [2.75, 3.05) is 18.5 Å². The number of rotatable bonds is 7. The van der Waals surface area contributed by atoms with Crippen LogP contribution in [-0.2, 0) is 17.8 Å². The first-order valence-electron chi connectivity index (χ1n) is 10.6. The van der Waals surface area contributed by atoms with Gasteiger partial charge in [0.2, 0.25) is 5.91 Å². The Labute approximate surface area is 183 Å². The van der Waals surface area contributed by atoms with Crippen molar-refractivity contribution in [3.8, 4) is 11.5 Å². The minimum Gasteiger partial charge on any atom is -0.494 e. The Morgan fingerprint density at radius 3 is 2.48 bits per heavy atom. The number of ether oxygens (including phenoxy) is 2. The van der Waals surface area contributed by atoms with Gasteiger partial charge in [-0.1, -0.05) is 17.7 Å². The summed E-state index contributed by atoms with van der Waals surface area (Å²) in [6.45, 7) is 10.5. The van der Waals surface area contributed by atoms with Crippen LogP contribution in [0.15, 0.2) is 24.3 Å². The molecule has 3 N–H and O–H groups in total. The van der Waals surface area contributed by atoms with Crippen LogP contribution in [0.2, 0.25) is 0 Å². The number of urea groups is 1. The van der Waals surface area contributed by atoms with Gasteiger partial charge in [0, 0.05) is 29.8 Å². The van der Waals surface area contributed by atoms with Gasteiger partial charge in [-0.05, 0) is 57.9 Å². The molecule has 0 aliphatic carbocycles. The lowest BCUT2D eigenvalue weighted by Crippen LogP contribution is -2.39. The highest BCUT2D eigenvalue weighted by Crippen LogP contribution is 2.35. The Balaban J connectivity index is 1.54. The highest BCUT2D eigenvalue weighted by atomic mass is 16.5. The van der Waals surface area contributed by atoms with E-state index in [0.717, 1.165) is 51.4 Å². The van der Waals surface area contributed by atoms with Gasteiger partial charge in [-0.25, -0.2) is 4.79 Å². The molecule has 0 spiro atoms. The van der Waals surface area contributed by atoms with Gasteiger partial charge >= 0.3 is 6.03 Å². The molecule has 0 unspecified atom stereocenters. The zero-order valence-electron chi connectivity index (χ0n) is 18.8. The Hall–Kier alpha value is -3.22. The Morgan fingerprint density at radius 2 is 1.81 bits per heavy atom. The number of fused-ring (bicyclic) bond motifs is 1. The molecule has 166 valence electrons. The van der Waals surface area contributed by atoms with E-state index in [0.29, 0.717) is 6.61 Å². The number of nitrogens with one attached hydrogen (secondary N) is 3. The maximum absolute atomic E-state index is 12.3. The lowest BCUT2D eigenvalue weighted by molar-refractivity contribution is -0.115. The number of amides is 3. The van der Waals surface area contributed by atoms with Crippen molar-refractivity contribution in [2.24, 2.45) is 0 Å². The number of hydrogen-bond donors (Lipinski definition) is 3. The molecule has 1 atom stereocenters. The zero-order chi connectivity index (χ0) is 22.5. The Kier molecular flexibility index (Phi) is 7.05. The summed E-state index contributed by atoms with van der Waals surface area (Å²) in [6, 6.07) is 7.50. The fourth-order valence-electron chi connectivity index (χ4n) is 3.87. The summed E-state index contributed by atoms with van der Waals surface area (Å²) in [4.78, 5) is 24.5. The summed E-state index contributed by atoms with van der Waals surface area (Å²) in [7, 11) is 0. The molecule has 7 nitrogen and oxygen atoms in total. The van der Waals surface area contributed by atoms with Gasteiger partial charge in [-0.2, -0.15) is 0 Å². The molecule has 31 heavy (non-hydrogen) atoms. The summed E-state index contributed by atoms with van der Waals surface area (Å²) in [6.07, 6.45) is 0.980. The minimum absolute atomic E-state index is 0.123. The van der Waals surface area contributed by atoms with Crippen LogP contribution in [0.1, 0.15) is 41.7 Å². The molecule has 2 aromatic rings. The fraction of sp³-hybridized carbons (Fsp3) is 0.417. The van der Waals surface area contributed by atoms with Gasteiger partial charge < -0.3 is 25.4 Å². The van der Waals surface area contributed by atoms with Gasteiger partial charge in [-0.3, -0.25) is 4.79 Å². The SMILES string of the molecule is CCOc1cc2c(cc1CNC(=O)NCC(=O)Nc1c(C)cc(C)cc1C)O[C@H](C)C2. The fourth-order valence-corrected chi connectivity index (χ4v) is 3.87. The van der Waals surface area contributed by atoms with E-state index in [1.54, 1.807) is 0 Å². The van der Waals surface area contributed by atoms with Gasteiger partial charge in [0.1, 0.15) is 17.6 Å². The van der Waals surface area contributed by atoms with Crippen LogP contribution in [0, 0.1) is 20.8 Å². The summed E-state index contributed by atoms with van der Waals surface area (Å²) < 4.78 is 11.5. The van der Waals surface area contributed by atoms with E-state index >= 15 is 0 Å². The normalized spacial score (nSPS) is 14.4. The van der Waals surface area contributed by atoms with Crippen molar-refractivity contribution >= 4 is 17.6 Å². The van der Waals surface area contributed by atoms with Gasteiger partial charge in [0.05, 0.1) is 13.2 Å². The summed E-state index contributed by atoms with van der Waals surface area (Å²) >= 11 is 0. The predicted octanol–water partition coefficient (Wildman–Crippen LogP) is 3.77. The second-order valence-corrected chi connectivity index (χ2v) is 7.99. The molecule has 7 heteroatoms. The van der Waals surface area contributed by atoms with Gasteiger partial charge in [-0.15, -0.1) is 0 Å². The number of carbonyl (C=O) groups excluding carboxylic acids is 2. The van der Waals surface area contributed by atoms with E-state index in [1.165, 1.54) is 0 Å². The number of carbonyl (C=O) groups is 2. The van der Waals surface area contributed by atoms with E-state index in [1.807, 2.05) is 58.9 Å².